The topological polar surface area (TPSA) is 296 Å². The van der Waals surface area contributed by atoms with Gasteiger partial charge in [0.1, 0.15) is 48.5 Å². The highest BCUT2D eigenvalue weighted by molar-refractivity contribution is 5.77. The summed E-state index contributed by atoms with van der Waals surface area (Å²) in [5.74, 6) is -25.2. The molecule has 24 nitrogen and oxygen atoms in total. The van der Waals surface area contributed by atoms with Crippen molar-refractivity contribution in [1.29, 1.82) is 0 Å². The normalized spacial score (nSPS) is 33.9. The average Bonchev–Trinajstić information content (AvgIpc) is 0.718. The van der Waals surface area contributed by atoms with Gasteiger partial charge in [0.25, 0.3) is 0 Å². The van der Waals surface area contributed by atoms with Crippen molar-refractivity contribution in [1.82, 2.24) is 19.6 Å². The van der Waals surface area contributed by atoms with Crippen molar-refractivity contribution in [2.24, 2.45) is 93.9 Å². The Morgan fingerprint density at radius 2 is 0.533 bits per heavy atom. The first-order valence-corrected chi connectivity index (χ1v) is 40.1. The van der Waals surface area contributed by atoms with Crippen molar-refractivity contribution in [3.63, 3.8) is 0 Å². The van der Waals surface area contributed by atoms with E-state index in [0.29, 0.717) is 119 Å². The summed E-state index contributed by atoms with van der Waals surface area (Å²) in [7, 11) is -6.89. The SMILES string of the molecule is [2H]c1c2c(c([2H])c(OC([2H])([2H])[2H])c1OC([2H])([2H])[2H])C1CC(OC(=O)[C@@]([2H])(N)C([2H])(C([2H])([2H])[2H])C([2H])([2H])[2H])C(CC(C)C)CN1CC2.[2H]c1c2c(c([2H])c(OC([2H])([2H])[2H])c1OC)C1CC(OC(=O)[C@@]([2H])(N)C([2H])(C([2H])([2H])[2H])C([2H])([2H])[2H])C(CC(C)C)CN1CC2.[2H]c1c2c(c([2H])c(OC)c1OC([2H])([2H])[2H])C1CC(OC(=O)[C@@]([2H])(N)C([2H])(C([2H])([2H])[2H])C([2H])([2H])[2H])C(CC(C)C)CN1CC2.[2H]c1c2c(c([2H])c(OC)c1OC)C1CC(OC(=O)[C@@]([2H])(N)C([2H])(C([2H])([2H])[2H])C([2H])([2H])[2H])C(CC(C)C)CN1CC2. The minimum atomic E-state index is -3.77. The van der Waals surface area contributed by atoms with Gasteiger partial charge in [-0.1, -0.05) is 110 Å². The van der Waals surface area contributed by atoms with Crippen molar-refractivity contribution in [2.75, 3.05) is 109 Å². The summed E-state index contributed by atoms with van der Waals surface area (Å²) in [6.07, 6.45) is -0.797. The van der Waals surface area contributed by atoms with E-state index in [2.05, 4.69) is 4.90 Å². The number of fused-ring (bicyclic) bond motifs is 12. The van der Waals surface area contributed by atoms with Crippen molar-refractivity contribution in [3.05, 3.63) is 92.8 Å². The van der Waals surface area contributed by atoms with Crippen LogP contribution in [0.15, 0.2) is 48.3 Å². The molecule has 12 rings (SSSR count). The van der Waals surface area contributed by atoms with Gasteiger partial charge < -0.3 is 79.8 Å². The molecule has 0 aromatic heterocycles. The van der Waals surface area contributed by atoms with E-state index < -0.39 is 238 Å². The second kappa shape index (κ2) is 43.9. The summed E-state index contributed by atoms with van der Waals surface area (Å²) in [6.45, 7) is -10.6. The molecule has 0 radical (unpaired) electrons. The number of hydrogen-bond acceptors (Lipinski definition) is 24. The van der Waals surface area contributed by atoms with Crippen LogP contribution in [0.4, 0.5) is 0 Å². The van der Waals surface area contributed by atoms with Gasteiger partial charge in [0.05, 0.1) is 89.5 Å². The quantitative estimate of drug-likeness (QED) is 0.0303. The molecule has 0 aliphatic carbocycles. The molecule has 4 aromatic rings. The van der Waals surface area contributed by atoms with Gasteiger partial charge >= 0.3 is 23.9 Å². The van der Waals surface area contributed by atoms with E-state index in [9.17, 15) is 19.2 Å². The first-order valence-electron chi connectivity index (χ1n) is 66.1. The molecule has 8 heterocycles. The van der Waals surface area contributed by atoms with Crippen LogP contribution in [0.5, 0.6) is 46.0 Å². The average molecular weight is 1730 g/mol. The van der Waals surface area contributed by atoms with Crippen LogP contribution in [-0.2, 0) is 63.8 Å². The van der Waals surface area contributed by atoms with Crippen molar-refractivity contribution < 1.29 is 147 Å². The number of methoxy groups -OCH3 is 8. The molecule has 0 saturated carbocycles. The van der Waals surface area contributed by atoms with Crippen LogP contribution in [0.25, 0.3) is 0 Å². The van der Waals surface area contributed by atoms with Gasteiger partial charge in [0, 0.05) is 164 Å². The third kappa shape index (κ3) is 23.8. The molecule has 672 valence electrons. The predicted octanol–water partition coefficient (Wildman–Crippen LogP) is 14.3. The fourth-order valence-electron chi connectivity index (χ4n) is 17.6. The lowest BCUT2D eigenvalue weighted by Gasteiger charge is -2.47. The van der Waals surface area contributed by atoms with Gasteiger partial charge in [0.2, 0.25) is 0 Å². The van der Waals surface area contributed by atoms with E-state index in [1.807, 2.05) is 70.1 Å². The van der Waals surface area contributed by atoms with Gasteiger partial charge in [-0.3, -0.25) is 38.8 Å². The molecule has 12 unspecified atom stereocenters. The maximum absolute atomic E-state index is 13.4. The zero-order chi connectivity index (χ0) is 132. The number of ether oxygens (including phenoxy) is 12. The van der Waals surface area contributed by atoms with Gasteiger partial charge in [-0.15, -0.1) is 0 Å². The zero-order valence-electron chi connectivity index (χ0n) is 122. The minimum absolute atomic E-state index is 0.00664. The van der Waals surface area contributed by atoms with Gasteiger partial charge in [-0.2, -0.15) is 0 Å². The Labute approximate surface area is 791 Å². The first kappa shape index (κ1) is 47.2. The van der Waals surface area contributed by atoms with E-state index >= 15 is 0 Å². The maximum atomic E-state index is 13.4. The Balaban J connectivity index is 0.000000251. The number of piperidine rings is 4. The second-order valence-electron chi connectivity index (χ2n) is 32.9. The Bertz CT molecular complexity index is 6280. The number of carbonyl (C=O) groups excluding carboxylic acids is 4. The lowest BCUT2D eigenvalue weighted by Crippen LogP contribution is -2.51. The summed E-state index contributed by atoms with van der Waals surface area (Å²) < 4.78 is 475. The molecule has 8 N–H and O–H groups in total. The number of hydrogen-bond donors (Lipinski definition) is 4. The fraction of sp³-hybridized carbons (Fsp3) is 0.708. The van der Waals surface area contributed by atoms with Crippen LogP contribution in [-0.4, -0.2) is 201 Å². The summed E-state index contributed by atoms with van der Waals surface area (Å²) in [5.41, 5.74) is 25.9. The largest absolute Gasteiger partial charge is 0.493 e. The number of carbonyl (C=O) groups is 4. The number of benzene rings is 4. The van der Waals surface area contributed by atoms with Crippen molar-refractivity contribution in [3.8, 4) is 46.0 Å². The smallest absolute Gasteiger partial charge is 0.323 e. The van der Waals surface area contributed by atoms with E-state index in [-0.39, 0.29) is 162 Å². The van der Waals surface area contributed by atoms with Gasteiger partial charge in [0.15, 0.2) is 46.0 Å². The maximum Gasteiger partial charge on any atom is 0.323 e. The minimum Gasteiger partial charge on any atom is -0.493 e. The highest BCUT2D eigenvalue weighted by atomic mass is 16.6. The standard InChI is InChI=1S/4C24H38N2O4/c4*1-14(2)9-17-13-26-8-7-16-10-21(28-5)22(29-6)11-18(16)19(26)12-20(17)30-24(27)23(25)15(3)4/h4*10-11,14-15,17,19-20,23H,7-9,12-13,25H2,1-6H3/t4*17?,19?,20?,23-/m0000/s1/i3D3,4D3,5D3,6D3,10D,11D,15D,23D;3D3,4D3,6D3,10D,11D,15D,23D;3D3,4D3,5D3,10D,11D,15D,23D;3D3,4D3,10D,11D,15D,23D. The van der Waals surface area contributed by atoms with Gasteiger partial charge in [-0.25, -0.2) is 0 Å². The van der Waals surface area contributed by atoms with E-state index in [4.69, 9.17) is 151 Å². The molecule has 8 aliphatic heterocycles. The molecule has 4 aromatic carbocycles. The number of nitrogens with zero attached hydrogens (tertiary/aromatic N) is 4. The molecule has 0 amide bonds. The first-order chi connectivity index (χ1) is 77.5. The molecule has 120 heavy (non-hydrogen) atoms. The van der Waals surface area contributed by atoms with Crippen molar-refractivity contribution in [2.45, 2.75) is 260 Å². The molecule has 8 aliphatic rings. The van der Waals surface area contributed by atoms with E-state index in [1.54, 1.807) is 0 Å². The highest BCUT2D eigenvalue weighted by Gasteiger charge is 2.47. The number of nitrogens with two attached hydrogens (primary N) is 4. The Hall–Kier alpha value is -7.16. The Morgan fingerprint density at radius 1 is 0.342 bits per heavy atom. The van der Waals surface area contributed by atoms with Crippen LogP contribution < -0.4 is 60.8 Å². The lowest BCUT2D eigenvalue weighted by atomic mass is 9.79. The van der Waals surface area contributed by atoms with Crippen molar-refractivity contribution >= 4 is 23.9 Å². The number of rotatable bonds is 28. The zero-order valence-corrected chi connectivity index (χ0v) is 70.0. The van der Waals surface area contributed by atoms with E-state index in [0.717, 1.165) is 0 Å². The van der Waals surface area contributed by atoms with E-state index in [1.165, 1.54) is 28.4 Å². The molecular formula is C96H152N8O16. The van der Waals surface area contributed by atoms with Crippen LogP contribution in [0.1, 0.15) is 302 Å². The molecule has 0 bridgehead atoms. The van der Waals surface area contributed by atoms with Crippen LogP contribution in [0.2, 0.25) is 0 Å². The number of esters is 4. The van der Waals surface area contributed by atoms with Crippen LogP contribution in [0.3, 0.4) is 0 Å². The third-order valence-corrected chi connectivity index (χ3v) is 23.0. The highest BCUT2D eigenvalue weighted by Crippen LogP contribution is 2.50. The molecule has 16 atom stereocenters. The molecular weight excluding hydrogens is 1520 g/mol. The molecule has 4 saturated heterocycles. The molecule has 0 spiro atoms. The lowest BCUT2D eigenvalue weighted by molar-refractivity contribution is -0.161. The molecule has 24 heteroatoms. The monoisotopic (exact) mass is 1730 g/mol. The van der Waals surface area contributed by atoms with Crippen LogP contribution in [0, 0.1) is 70.9 Å². The van der Waals surface area contributed by atoms with Crippen LogP contribution >= 0.6 is 0 Å². The summed E-state index contributed by atoms with van der Waals surface area (Å²) >= 11 is 0. The summed E-state index contributed by atoms with van der Waals surface area (Å²) in [6, 6.07) is -18.5. The van der Waals surface area contributed by atoms with Gasteiger partial charge in [-0.05, 0) is 191 Å². The predicted molar refractivity (Wildman–Crippen MR) is 471 cm³/mol. The second-order valence-corrected chi connectivity index (χ2v) is 32.9. The summed E-state index contributed by atoms with van der Waals surface area (Å²) in [4.78, 5) is 61.7. The molecule has 4 fully saturated rings. The Kier molecular flexibility index (Phi) is 17.3. The third-order valence-electron chi connectivity index (χ3n) is 23.0. The Morgan fingerprint density at radius 3 is 0.717 bits per heavy atom. The summed E-state index contributed by atoms with van der Waals surface area (Å²) in [5, 5.41) is 0. The fourth-order valence-corrected chi connectivity index (χ4v) is 17.6.